The van der Waals surface area contributed by atoms with Crippen molar-refractivity contribution in [3.63, 3.8) is 0 Å². The molecule has 3 rings (SSSR count). The van der Waals surface area contributed by atoms with E-state index in [1.54, 1.807) is 17.1 Å². The van der Waals surface area contributed by atoms with Crippen LogP contribution in [0, 0.1) is 0 Å². The standard InChI is InChI=1S/C14H12ClN3O.C2HF3O2/c1-2-14(19)17-18-12-7-9(15)3-4-10(12)11-5-6-16-8-13(11)18;3-2(4,5)1(6)7/h3-8H,2H2,1H3,(H,17,19);(H,6,7). The Morgan fingerprint density at radius 3 is 2.42 bits per heavy atom. The van der Waals surface area contributed by atoms with E-state index in [-0.39, 0.29) is 5.91 Å². The van der Waals surface area contributed by atoms with Gasteiger partial charge in [-0.05, 0) is 18.2 Å². The van der Waals surface area contributed by atoms with Crippen LogP contribution in [0.3, 0.4) is 0 Å². The van der Waals surface area contributed by atoms with Crippen LogP contribution >= 0.6 is 11.6 Å². The number of rotatable bonds is 2. The number of halogens is 4. The van der Waals surface area contributed by atoms with Crippen LogP contribution in [0.2, 0.25) is 5.02 Å². The van der Waals surface area contributed by atoms with Crippen LogP contribution in [0.15, 0.2) is 36.7 Å². The van der Waals surface area contributed by atoms with Crippen LogP contribution in [0.4, 0.5) is 13.2 Å². The highest BCUT2D eigenvalue weighted by molar-refractivity contribution is 6.31. The number of aromatic nitrogens is 2. The largest absolute Gasteiger partial charge is 0.490 e. The lowest BCUT2D eigenvalue weighted by Crippen LogP contribution is -2.21. The third-order valence-corrected chi connectivity index (χ3v) is 3.57. The Bertz CT molecular complexity index is 970. The normalized spacial score (nSPS) is 11.1. The SMILES string of the molecule is CCC(=O)Nn1c2cnccc2c2ccc(Cl)cc21.O=C(O)C(F)(F)F. The minimum absolute atomic E-state index is 0.0531. The Hall–Kier alpha value is -2.81. The molecule has 2 aromatic heterocycles. The molecule has 3 aromatic rings. The second-order valence-corrected chi connectivity index (χ2v) is 5.52. The molecule has 1 aromatic carbocycles. The van der Waals surface area contributed by atoms with Gasteiger partial charge < -0.3 is 5.11 Å². The summed E-state index contributed by atoms with van der Waals surface area (Å²) >= 11 is 6.05. The fourth-order valence-electron chi connectivity index (χ4n) is 2.16. The molecule has 0 fully saturated rings. The van der Waals surface area contributed by atoms with Gasteiger partial charge in [0, 0.05) is 28.4 Å². The summed E-state index contributed by atoms with van der Waals surface area (Å²) in [7, 11) is 0. The van der Waals surface area contributed by atoms with Gasteiger partial charge >= 0.3 is 12.1 Å². The van der Waals surface area contributed by atoms with Gasteiger partial charge in [0.1, 0.15) is 0 Å². The van der Waals surface area contributed by atoms with E-state index in [4.69, 9.17) is 21.5 Å². The quantitative estimate of drug-likeness (QED) is 0.697. The van der Waals surface area contributed by atoms with E-state index in [1.807, 2.05) is 31.2 Å². The molecule has 0 spiro atoms. The maximum Gasteiger partial charge on any atom is 0.490 e. The second-order valence-electron chi connectivity index (χ2n) is 5.08. The van der Waals surface area contributed by atoms with Crippen LogP contribution < -0.4 is 5.43 Å². The molecule has 0 aliphatic heterocycles. The van der Waals surface area contributed by atoms with Crippen molar-refractivity contribution in [2.75, 3.05) is 5.43 Å². The van der Waals surface area contributed by atoms with Crippen LogP contribution in [0.5, 0.6) is 0 Å². The molecular formula is C16H13ClF3N3O3. The fourth-order valence-corrected chi connectivity index (χ4v) is 2.33. The summed E-state index contributed by atoms with van der Waals surface area (Å²) in [6, 6.07) is 7.57. The van der Waals surface area contributed by atoms with Crippen LogP contribution in [0.25, 0.3) is 21.8 Å². The first kappa shape index (κ1) is 19.5. The van der Waals surface area contributed by atoms with Crippen molar-refractivity contribution in [3.8, 4) is 0 Å². The zero-order chi connectivity index (χ0) is 19.5. The number of carboxylic acid groups (broad SMARTS) is 1. The number of nitrogens with zero attached hydrogens (tertiary/aromatic N) is 2. The van der Waals surface area contributed by atoms with Crippen molar-refractivity contribution >= 4 is 45.3 Å². The Morgan fingerprint density at radius 1 is 1.23 bits per heavy atom. The molecule has 0 bridgehead atoms. The number of amides is 1. The van der Waals surface area contributed by atoms with Gasteiger partial charge in [-0.15, -0.1) is 0 Å². The average Bonchev–Trinajstić information content (AvgIpc) is 2.88. The first-order valence-corrected chi connectivity index (χ1v) is 7.66. The lowest BCUT2D eigenvalue weighted by atomic mass is 10.2. The number of nitrogens with one attached hydrogen (secondary N) is 1. The van der Waals surface area contributed by atoms with E-state index in [9.17, 15) is 18.0 Å². The minimum Gasteiger partial charge on any atom is -0.475 e. The minimum atomic E-state index is -5.08. The van der Waals surface area contributed by atoms with Gasteiger partial charge in [0.05, 0.1) is 17.2 Å². The molecule has 138 valence electrons. The first-order valence-electron chi connectivity index (χ1n) is 7.28. The predicted molar refractivity (Wildman–Crippen MR) is 90.6 cm³/mol. The number of carbonyl (C=O) groups excluding carboxylic acids is 1. The second kappa shape index (κ2) is 7.61. The molecule has 0 aliphatic rings. The molecule has 2 N–H and O–H groups in total. The third kappa shape index (κ3) is 4.23. The highest BCUT2D eigenvalue weighted by Crippen LogP contribution is 2.29. The zero-order valence-electron chi connectivity index (χ0n) is 13.3. The Balaban J connectivity index is 0.000000298. The van der Waals surface area contributed by atoms with Crippen LogP contribution in [0.1, 0.15) is 13.3 Å². The fraction of sp³-hybridized carbons (Fsp3) is 0.188. The Morgan fingerprint density at radius 2 is 1.85 bits per heavy atom. The van der Waals surface area contributed by atoms with Crippen molar-refractivity contribution in [1.82, 2.24) is 9.66 Å². The highest BCUT2D eigenvalue weighted by Gasteiger charge is 2.38. The summed E-state index contributed by atoms with van der Waals surface area (Å²) in [6.45, 7) is 1.81. The summed E-state index contributed by atoms with van der Waals surface area (Å²) in [4.78, 5) is 24.7. The van der Waals surface area contributed by atoms with Crippen molar-refractivity contribution in [2.24, 2.45) is 0 Å². The van der Waals surface area contributed by atoms with Gasteiger partial charge in [-0.25, -0.2) is 4.79 Å². The monoisotopic (exact) mass is 387 g/mol. The number of carbonyl (C=O) groups is 2. The molecule has 0 radical (unpaired) electrons. The summed E-state index contributed by atoms with van der Waals surface area (Å²) in [6.07, 6.45) is -1.19. The van der Waals surface area contributed by atoms with E-state index >= 15 is 0 Å². The van der Waals surface area contributed by atoms with Crippen molar-refractivity contribution in [2.45, 2.75) is 19.5 Å². The maximum atomic E-state index is 11.7. The van der Waals surface area contributed by atoms with Crippen molar-refractivity contribution < 1.29 is 27.9 Å². The molecular weight excluding hydrogens is 375 g/mol. The van der Waals surface area contributed by atoms with Crippen molar-refractivity contribution in [3.05, 3.63) is 41.7 Å². The topological polar surface area (TPSA) is 84.2 Å². The lowest BCUT2D eigenvalue weighted by molar-refractivity contribution is -0.192. The van der Waals surface area contributed by atoms with E-state index in [0.717, 1.165) is 21.8 Å². The van der Waals surface area contributed by atoms with E-state index in [1.165, 1.54) is 0 Å². The van der Waals surface area contributed by atoms with Crippen LogP contribution in [-0.2, 0) is 9.59 Å². The first-order chi connectivity index (χ1) is 12.1. The summed E-state index contributed by atoms with van der Waals surface area (Å²) < 4.78 is 33.5. The molecule has 0 unspecified atom stereocenters. The predicted octanol–water partition coefficient (Wildman–Crippen LogP) is 3.96. The number of hydrogen-bond acceptors (Lipinski definition) is 3. The number of pyridine rings is 1. The molecule has 10 heteroatoms. The number of fused-ring (bicyclic) bond motifs is 3. The van der Waals surface area contributed by atoms with E-state index in [0.29, 0.717) is 11.4 Å². The number of aliphatic carboxylic acids is 1. The molecule has 0 atom stereocenters. The average molecular weight is 388 g/mol. The lowest BCUT2D eigenvalue weighted by Gasteiger charge is -2.08. The summed E-state index contributed by atoms with van der Waals surface area (Å²) in [5, 5.41) is 9.84. The molecule has 0 saturated carbocycles. The summed E-state index contributed by atoms with van der Waals surface area (Å²) in [5.74, 6) is -2.81. The maximum absolute atomic E-state index is 11.7. The van der Waals surface area contributed by atoms with Gasteiger partial charge in [0.2, 0.25) is 5.91 Å². The molecule has 0 aliphatic carbocycles. The van der Waals surface area contributed by atoms with Gasteiger partial charge in [-0.1, -0.05) is 24.6 Å². The molecule has 1 amide bonds. The van der Waals surface area contributed by atoms with Crippen LogP contribution in [-0.4, -0.2) is 32.8 Å². The number of carboxylic acids is 1. The highest BCUT2D eigenvalue weighted by atomic mass is 35.5. The van der Waals surface area contributed by atoms with Gasteiger partial charge in [0.15, 0.2) is 0 Å². The van der Waals surface area contributed by atoms with Gasteiger partial charge in [-0.2, -0.15) is 13.2 Å². The van der Waals surface area contributed by atoms with Crippen molar-refractivity contribution in [1.29, 1.82) is 0 Å². The Labute approximate surface area is 150 Å². The molecule has 2 heterocycles. The molecule has 26 heavy (non-hydrogen) atoms. The number of benzene rings is 1. The van der Waals surface area contributed by atoms with Gasteiger partial charge in [-0.3, -0.25) is 19.9 Å². The zero-order valence-corrected chi connectivity index (χ0v) is 14.1. The Kier molecular flexibility index (Phi) is 5.71. The van der Waals surface area contributed by atoms with E-state index < -0.39 is 12.1 Å². The summed E-state index contributed by atoms with van der Waals surface area (Å²) in [5.41, 5.74) is 4.60. The number of hydrogen-bond donors (Lipinski definition) is 2. The van der Waals surface area contributed by atoms with E-state index in [2.05, 4.69) is 10.4 Å². The molecule has 0 saturated heterocycles. The third-order valence-electron chi connectivity index (χ3n) is 3.33. The number of alkyl halides is 3. The smallest absolute Gasteiger partial charge is 0.475 e. The molecule has 6 nitrogen and oxygen atoms in total. The van der Waals surface area contributed by atoms with Gasteiger partial charge in [0.25, 0.3) is 0 Å².